The van der Waals surface area contributed by atoms with Crippen molar-refractivity contribution in [2.45, 2.75) is 6.54 Å². The maximum absolute atomic E-state index is 12.4. The number of carbonyl (C=O) groups is 1. The predicted molar refractivity (Wildman–Crippen MR) is 106 cm³/mol. The van der Waals surface area contributed by atoms with Crippen LogP contribution in [0.4, 0.5) is 0 Å². The standard InChI is InChI=1S/C19H16N8O4/c28-18-4-3-17(27-10-20-9-22-27)25-26(18)6-5-21-19(29)14-8-13(23-24-14)12-1-2-15-16(7-12)31-11-30-15/h1-4,7-10H,5-6,11H2,(H,21,29)(H,23,24). The van der Waals surface area contributed by atoms with Crippen LogP contribution >= 0.6 is 0 Å². The summed E-state index contributed by atoms with van der Waals surface area (Å²) >= 11 is 0. The van der Waals surface area contributed by atoms with Crippen LogP contribution in [0, 0.1) is 0 Å². The number of carbonyl (C=O) groups excluding carboxylic acids is 1. The molecular formula is C19H16N8O4. The lowest BCUT2D eigenvalue weighted by atomic mass is 10.1. The van der Waals surface area contributed by atoms with Gasteiger partial charge in [-0.25, -0.2) is 14.3 Å². The van der Waals surface area contributed by atoms with Crippen molar-refractivity contribution in [2.75, 3.05) is 13.3 Å². The monoisotopic (exact) mass is 420 g/mol. The second-order valence-electron chi connectivity index (χ2n) is 6.58. The number of amides is 1. The molecule has 0 atom stereocenters. The first kappa shape index (κ1) is 18.5. The number of aromatic amines is 1. The van der Waals surface area contributed by atoms with E-state index in [1.807, 2.05) is 6.07 Å². The summed E-state index contributed by atoms with van der Waals surface area (Å²) < 4.78 is 13.4. The van der Waals surface area contributed by atoms with Gasteiger partial charge in [-0.05, 0) is 30.3 Å². The zero-order valence-corrected chi connectivity index (χ0v) is 16.1. The predicted octanol–water partition coefficient (Wildman–Crippen LogP) is 0.373. The minimum atomic E-state index is -0.347. The van der Waals surface area contributed by atoms with Gasteiger partial charge in [0, 0.05) is 18.2 Å². The minimum absolute atomic E-state index is 0.187. The zero-order valence-electron chi connectivity index (χ0n) is 16.1. The molecule has 156 valence electrons. The van der Waals surface area contributed by atoms with E-state index in [2.05, 4.69) is 30.7 Å². The average Bonchev–Trinajstić information content (AvgIpc) is 3.55. The Morgan fingerprint density at radius 3 is 2.94 bits per heavy atom. The molecular weight excluding hydrogens is 404 g/mol. The largest absolute Gasteiger partial charge is 0.454 e. The third-order valence-electron chi connectivity index (χ3n) is 4.61. The Kier molecular flexibility index (Phi) is 4.63. The molecule has 1 aromatic carbocycles. The van der Waals surface area contributed by atoms with E-state index in [9.17, 15) is 9.59 Å². The SMILES string of the molecule is O=C(NCCn1nc(-n2cncn2)ccc1=O)c1cc(-c2ccc3c(c2)OCO3)n[nH]1. The number of aromatic nitrogens is 7. The molecule has 0 aliphatic carbocycles. The van der Waals surface area contributed by atoms with Crippen LogP contribution in [0.5, 0.6) is 11.5 Å². The Labute approximate surface area is 174 Å². The lowest BCUT2D eigenvalue weighted by molar-refractivity contribution is 0.0946. The molecule has 5 rings (SSSR count). The lowest BCUT2D eigenvalue weighted by Gasteiger charge is -2.07. The number of nitrogens with zero attached hydrogens (tertiary/aromatic N) is 6. The highest BCUT2D eigenvalue weighted by molar-refractivity contribution is 5.93. The van der Waals surface area contributed by atoms with Crippen molar-refractivity contribution in [1.82, 2.24) is 40.1 Å². The lowest BCUT2D eigenvalue weighted by Crippen LogP contribution is -2.32. The fraction of sp³-hybridized carbons (Fsp3) is 0.158. The van der Waals surface area contributed by atoms with Gasteiger partial charge in [-0.2, -0.15) is 10.2 Å². The van der Waals surface area contributed by atoms with Crippen molar-refractivity contribution in [3.05, 3.63) is 65.1 Å². The molecule has 1 aliphatic rings. The molecule has 1 amide bonds. The van der Waals surface area contributed by atoms with Crippen LogP contribution < -0.4 is 20.3 Å². The number of fused-ring (bicyclic) bond motifs is 1. The van der Waals surface area contributed by atoms with E-state index in [4.69, 9.17) is 9.47 Å². The highest BCUT2D eigenvalue weighted by atomic mass is 16.7. The molecule has 12 heteroatoms. The molecule has 2 N–H and O–H groups in total. The summed E-state index contributed by atoms with van der Waals surface area (Å²) in [5.74, 6) is 1.41. The van der Waals surface area contributed by atoms with Gasteiger partial charge in [0.1, 0.15) is 18.3 Å². The van der Waals surface area contributed by atoms with Crippen molar-refractivity contribution in [2.24, 2.45) is 0 Å². The molecule has 1 aliphatic heterocycles. The quantitative estimate of drug-likeness (QED) is 0.456. The highest BCUT2D eigenvalue weighted by Crippen LogP contribution is 2.35. The number of hydrogen-bond acceptors (Lipinski definition) is 8. The highest BCUT2D eigenvalue weighted by Gasteiger charge is 2.16. The third-order valence-corrected chi connectivity index (χ3v) is 4.61. The molecule has 0 bridgehead atoms. The van der Waals surface area contributed by atoms with E-state index < -0.39 is 0 Å². The van der Waals surface area contributed by atoms with Gasteiger partial charge in [0.25, 0.3) is 11.5 Å². The minimum Gasteiger partial charge on any atom is -0.454 e. The summed E-state index contributed by atoms with van der Waals surface area (Å²) in [6.07, 6.45) is 2.86. The van der Waals surface area contributed by atoms with Crippen LogP contribution in [-0.4, -0.2) is 54.0 Å². The Morgan fingerprint density at radius 1 is 1.16 bits per heavy atom. The van der Waals surface area contributed by atoms with E-state index in [-0.39, 0.29) is 31.3 Å². The Balaban J connectivity index is 1.23. The first-order valence-corrected chi connectivity index (χ1v) is 9.34. The Hall–Kier alpha value is -4.48. The summed E-state index contributed by atoms with van der Waals surface area (Å²) in [4.78, 5) is 28.3. The first-order chi connectivity index (χ1) is 15.2. The Bertz CT molecular complexity index is 1290. The van der Waals surface area contributed by atoms with Crippen LogP contribution in [0.15, 0.2) is 53.8 Å². The maximum atomic E-state index is 12.4. The summed E-state index contributed by atoms with van der Waals surface area (Å²) in [5.41, 5.74) is 1.40. The second kappa shape index (κ2) is 7.74. The molecule has 0 unspecified atom stereocenters. The number of H-pyrrole nitrogens is 1. The summed E-state index contributed by atoms with van der Waals surface area (Å²) in [5, 5.41) is 17.9. The van der Waals surface area contributed by atoms with E-state index in [0.717, 1.165) is 5.56 Å². The number of ether oxygens (including phenoxy) is 2. The number of benzene rings is 1. The first-order valence-electron chi connectivity index (χ1n) is 9.34. The molecule has 31 heavy (non-hydrogen) atoms. The molecule has 12 nitrogen and oxygen atoms in total. The smallest absolute Gasteiger partial charge is 0.269 e. The number of rotatable bonds is 6. The summed E-state index contributed by atoms with van der Waals surface area (Å²) in [7, 11) is 0. The number of hydrogen-bond donors (Lipinski definition) is 2. The normalized spacial score (nSPS) is 12.1. The van der Waals surface area contributed by atoms with E-state index in [0.29, 0.717) is 28.7 Å². The van der Waals surface area contributed by atoms with Gasteiger partial charge in [0.2, 0.25) is 6.79 Å². The average molecular weight is 420 g/mol. The van der Waals surface area contributed by atoms with Crippen LogP contribution in [-0.2, 0) is 6.54 Å². The van der Waals surface area contributed by atoms with Gasteiger partial charge < -0.3 is 14.8 Å². The van der Waals surface area contributed by atoms with E-state index in [1.54, 1.807) is 24.3 Å². The molecule has 0 saturated carbocycles. The van der Waals surface area contributed by atoms with Crippen molar-refractivity contribution in [3.8, 4) is 28.6 Å². The fourth-order valence-electron chi connectivity index (χ4n) is 3.06. The second-order valence-corrected chi connectivity index (χ2v) is 6.58. The van der Waals surface area contributed by atoms with Gasteiger partial charge in [-0.1, -0.05) is 0 Å². The number of nitrogens with one attached hydrogen (secondary N) is 2. The van der Waals surface area contributed by atoms with Crippen LogP contribution in [0.1, 0.15) is 10.5 Å². The maximum Gasteiger partial charge on any atom is 0.269 e. The van der Waals surface area contributed by atoms with Crippen LogP contribution in [0.25, 0.3) is 17.1 Å². The molecule has 0 spiro atoms. The molecule has 0 saturated heterocycles. The van der Waals surface area contributed by atoms with Crippen LogP contribution in [0.3, 0.4) is 0 Å². The third kappa shape index (κ3) is 3.73. The van der Waals surface area contributed by atoms with Gasteiger partial charge in [0.05, 0.1) is 12.2 Å². The van der Waals surface area contributed by atoms with Gasteiger partial charge in [0.15, 0.2) is 17.3 Å². The zero-order chi connectivity index (χ0) is 21.2. The Morgan fingerprint density at radius 2 is 2.06 bits per heavy atom. The fourth-order valence-corrected chi connectivity index (χ4v) is 3.06. The van der Waals surface area contributed by atoms with Gasteiger partial charge >= 0.3 is 0 Å². The van der Waals surface area contributed by atoms with Gasteiger partial charge in [-0.3, -0.25) is 14.7 Å². The molecule has 4 heterocycles. The van der Waals surface area contributed by atoms with Crippen molar-refractivity contribution in [1.29, 1.82) is 0 Å². The summed E-state index contributed by atoms with van der Waals surface area (Å²) in [6, 6.07) is 10.0. The van der Waals surface area contributed by atoms with Gasteiger partial charge in [-0.15, -0.1) is 5.10 Å². The van der Waals surface area contributed by atoms with Crippen LogP contribution in [0.2, 0.25) is 0 Å². The summed E-state index contributed by atoms with van der Waals surface area (Å²) in [6.45, 7) is 0.577. The van der Waals surface area contributed by atoms with Crippen molar-refractivity contribution < 1.29 is 14.3 Å². The molecule has 0 fully saturated rings. The van der Waals surface area contributed by atoms with Crippen molar-refractivity contribution >= 4 is 5.91 Å². The van der Waals surface area contributed by atoms with E-state index in [1.165, 1.54) is 28.1 Å². The van der Waals surface area contributed by atoms with E-state index >= 15 is 0 Å². The molecule has 0 radical (unpaired) electrons. The topological polar surface area (TPSA) is 142 Å². The molecule has 4 aromatic rings. The molecule has 3 aromatic heterocycles. The van der Waals surface area contributed by atoms with Crippen molar-refractivity contribution in [3.63, 3.8) is 0 Å².